The fourth-order valence-corrected chi connectivity index (χ4v) is 2.81. The molecule has 1 aromatic heterocycles. The largest absolute Gasteiger partial charge is 0.326 e. The van der Waals surface area contributed by atoms with Gasteiger partial charge < -0.3 is 9.88 Å². The molecule has 0 saturated carbocycles. The van der Waals surface area contributed by atoms with Crippen molar-refractivity contribution in [1.29, 1.82) is 0 Å². The topological polar surface area (TPSA) is 54.3 Å². The highest BCUT2D eigenvalue weighted by Crippen LogP contribution is 2.26. The number of fused-ring (bicyclic) bond motifs is 1. The van der Waals surface area contributed by atoms with Gasteiger partial charge in [0.1, 0.15) is 0 Å². The second kappa shape index (κ2) is 6.37. The quantitative estimate of drug-likeness (QED) is 0.769. The average Bonchev–Trinajstić information content (AvgIpc) is 2.59. The Morgan fingerprint density at radius 3 is 2.42 bits per heavy atom. The highest BCUT2D eigenvalue weighted by Gasteiger charge is 2.15. The van der Waals surface area contributed by atoms with E-state index in [1.165, 1.54) is 9.47 Å². The molecule has 0 spiro atoms. The van der Waals surface area contributed by atoms with Crippen LogP contribution in [-0.2, 0) is 7.05 Å². The number of pyridine rings is 1. The van der Waals surface area contributed by atoms with E-state index in [1.54, 1.807) is 50.6 Å². The summed E-state index contributed by atoms with van der Waals surface area (Å²) in [7, 11) is 3.29. The molecule has 1 heterocycles. The number of rotatable bonds is 2. The number of benzene rings is 2. The van der Waals surface area contributed by atoms with Gasteiger partial charge in [-0.3, -0.25) is 9.69 Å². The Balaban J connectivity index is 1.98. The van der Waals surface area contributed by atoms with Crippen molar-refractivity contribution in [3.05, 3.63) is 70.1 Å². The van der Waals surface area contributed by atoms with Gasteiger partial charge in [0.05, 0.1) is 16.4 Å². The summed E-state index contributed by atoms with van der Waals surface area (Å²) in [5, 5.41) is 4.58. The van der Waals surface area contributed by atoms with Crippen LogP contribution in [0, 0.1) is 0 Å². The number of amides is 2. The number of aryl methyl sites for hydroxylation is 1. The molecule has 0 bridgehead atoms. The molecular formula is C18H16ClN3O2. The molecule has 24 heavy (non-hydrogen) atoms. The zero-order valence-electron chi connectivity index (χ0n) is 13.3. The van der Waals surface area contributed by atoms with Gasteiger partial charge in [0, 0.05) is 31.1 Å². The number of halogens is 1. The lowest BCUT2D eigenvalue weighted by Crippen LogP contribution is -2.32. The number of hydrogen-bond acceptors (Lipinski definition) is 2. The van der Waals surface area contributed by atoms with Gasteiger partial charge in [-0.25, -0.2) is 4.79 Å². The summed E-state index contributed by atoms with van der Waals surface area (Å²) in [5.41, 5.74) is 1.06. The van der Waals surface area contributed by atoms with Crippen molar-refractivity contribution >= 4 is 39.8 Å². The minimum Gasteiger partial charge on any atom is -0.316 e. The van der Waals surface area contributed by atoms with Gasteiger partial charge in [0.15, 0.2) is 0 Å². The summed E-state index contributed by atoms with van der Waals surface area (Å²) >= 11 is 6.14. The molecule has 0 saturated heterocycles. The molecule has 2 aromatic carbocycles. The molecule has 1 N–H and O–H groups in total. The van der Waals surface area contributed by atoms with Crippen LogP contribution in [0.1, 0.15) is 0 Å². The molecule has 3 rings (SSSR count). The Bertz CT molecular complexity index is 981. The molecule has 0 fully saturated rings. The lowest BCUT2D eigenvalue weighted by Gasteiger charge is -2.20. The highest BCUT2D eigenvalue weighted by atomic mass is 35.5. The smallest absolute Gasteiger partial charge is 0.316 e. The number of nitrogens with one attached hydrogen (secondary N) is 1. The standard InChI is InChI=1S/C18H16ClN3O2/c1-21-11-15(12-7-3-4-8-13(12)17(21)23)20-18(24)22(2)16-10-6-5-9-14(16)19/h3-11H,1-2H3,(H,20,24). The Morgan fingerprint density at radius 1 is 1.08 bits per heavy atom. The van der Waals surface area contributed by atoms with Crippen LogP contribution in [0.3, 0.4) is 0 Å². The van der Waals surface area contributed by atoms with Crippen LogP contribution in [0.5, 0.6) is 0 Å². The number of nitrogens with zero attached hydrogens (tertiary/aromatic N) is 2. The molecule has 0 atom stereocenters. The number of aromatic nitrogens is 1. The van der Waals surface area contributed by atoms with Gasteiger partial charge in [-0.15, -0.1) is 0 Å². The summed E-state index contributed by atoms with van der Waals surface area (Å²) in [4.78, 5) is 26.2. The van der Waals surface area contributed by atoms with Crippen LogP contribution in [0.15, 0.2) is 59.5 Å². The van der Waals surface area contributed by atoms with Gasteiger partial charge in [0.2, 0.25) is 0 Å². The molecule has 0 radical (unpaired) electrons. The van der Waals surface area contributed by atoms with E-state index >= 15 is 0 Å². The van der Waals surface area contributed by atoms with E-state index in [0.29, 0.717) is 27.2 Å². The number of carbonyl (C=O) groups is 1. The van der Waals surface area contributed by atoms with Crippen LogP contribution in [0.25, 0.3) is 10.8 Å². The number of carbonyl (C=O) groups excluding carboxylic acids is 1. The van der Waals surface area contributed by atoms with Gasteiger partial charge in [-0.2, -0.15) is 0 Å². The van der Waals surface area contributed by atoms with E-state index in [0.717, 1.165) is 0 Å². The highest BCUT2D eigenvalue weighted by molar-refractivity contribution is 6.34. The molecule has 0 aliphatic rings. The van der Waals surface area contributed by atoms with Crippen molar-refractivity contribution in [2.75, 3.05) is 17.3 Å². The number of para-hydroxylation sites is 1. The first-order valence-corrected chi connectivity index (χ1v) is 7.74. The maximum Gasteiger partial charge on any atom is 0.326 e. The molecule has 122 valence electrons. The molecule has 0 unspecified atom stereocenters. The van der Waals surface area contributed by atoms with Crippen LogP contribution in [-0.4, -0.2) is 17.6 Å². The van der Waals surface area contributed by atoms with Crippen molar-refractivity contribution < 1.29 is 4.79 Å². The summed E-state index contributed by atoms with van der Waals surface area (Å²) in [6.45, 7) is 0. The lowest BCUT2D eigenvalue weighted by atomic mass is 10.1. The zero-order chi connectivity index (χ0) is 17.3. The van der Waals surface area contributed by atoms with Crippen molar-refractivity contribution in [3.63, 3.8) is 0 Å². The van der Waals surface area contributed by atoms with Crippen LogP contribution < -0.4 is 15.8 Å². The van der Waals surface area contributed by atoms with E-state index in [4.69, 9.17) is 11.6 Å². The van der Waals surface area contributed by atoms with E-state index in [9.17, 15) is 9.59 Å². The first kappa shape index (κ1) is 16.1. The molecule has 5 nitrogen and oxygen atoms in total. The van der Waals surface area contributed by atoms with E-state index in [-0.39, 0.29) is 11.6 Å². The molecule has 3 aromatic rings. The summed E-state index contributed by atoms with van der Waals surface area (Å²) < 4.78 is 1.45. The summed E-state index contributed by atoms with van der Waals surface area (Å²) in [5.74, 6) is 0. The SMILES string of the molecule is CN(C(=O)Nc1cn(C)c(=O)c2ccccc12)c1ccccc1Cl. The number of urea groups is 1. The van der Waals surface area contributed by atoms with Gasteiger partial charge in [-0.05, 0) is 18.2 Å². The van der Waals surface area contributed by atoms with Crippen LogP contribution >= 0.6 is 11.6 Å². The molecular weight excluding hydrogens is 326 g/mol. The third-order valence-corrected chi connectivity index (χ3v) is 4.17. The van der Waals surface area contributed by atoms with Gasteiger partial charge in [0.25, 0.3) is 5.56 Å². The molecule has 6 heteroatoms. The van der Waals surface area contributed by atoms with Crippen molar-refractivity contribution in [3.8, 4) is 0 Å². The summed E-state index contributed by atoms with van der Waals surface area (Å²) in [6.07, 6.45) is 1.61. The monoisotopic (exact) mass is 341 g/mol. The minimum atomic E-state index is -0.341. The van der Waals surface area contributed by atoms with Crippen LogP contribution in [0.4, 0.5) is 16.2 Å². The van der Waals surface area contributed by atoms with Crippen molar-refractivity contribution in [2.45, 2.75) is 0 Å². The van der Waals surface area contributed by atoms with Gasteiger partial charge >= 0.3 is 6.03 Å². The predicted molar refractivity (Wildman–Crippen MR) is 98.1 cm³/mol. The van der Waals surface area contributed by atoms with E-state index in [1.807, 2.05) is 18.2 Å². The Kier molecular flexibility index (Phi) is 4.27. The van der Waals surface area contributed by atoms with Crippen LogP contribution in [0.2, 0.25) is 5.02 Å². The fourth-order valence-electron chi connectivity index (χ4n) is 2.55. The van der Waals surface area contributed by atoms with Crippen molar-refractivity contribution in [2.24, 2.45) is 7.05 Å². The lowest BCUT2D eigenvalue weighted by molar-refractivity contribution is 0.258. The molecule has 0 aliphatic heterocycles. The average molecular weight is 342 g/mol. The zero-order valence-corrected chi connectivity index (χ0v) is 14.0. The predicted octanol–water partition coefficient (Wildman–Crippen LogP) is 3.86. The second-order valence-electron chi connectivity index (χ2n) is 5.44. The Labute approximate surface area is 144 Å². The molecule has 2 amide bonds. The first-order chi connectivity index (χ1) is 11.5. The first-order valence-electron chi connectivity index (χ1n) is 7.36. The minimum absolute atomic E-state index is 0.108. The van der Waals surface area contributed by atoms with Gasteiger partial charge in [-0.1, -0.05) is 41.9 Å². The third kappa shape index (κ3) is 2.86. The van der Waals surface area contributed by atoms with E-state index < -0.39 is 0 Å². The summed E-state index contributed by atoms with van der Waals surface area (Å²) in [6, 6.07) is 13.9. The van der Waals surface area contributed by atoms with Crippen molar-refractivity contribution in [1.82, 2.24) is 4.57 Å². The maximum absolute atomic E-state index is 12.6. The Morgan fingerprint density at radius 2 is 1.71 bits per heavy atom. The number of anilines is 2. The maximum atomic E-state index is 12.6. The fraction of sp³-hybridized carbons (Fsp3) is 0.111. The third-order valence-electron chi connectivity index (χ3n) is 3.85. The number of hydrogen-bond donors (Lipinski definition) is 1. The normalized spacial score (nSPS) is 10.6. The second-order valence-corrected chi connectivity index (χ2v) is 5.85. The Hall–Kier alpha value is -2.79. The molecule has 0 aliphatic carbocycles. The van der Waals surface area contributed by atoms with E-state index in [2.05, 4.69) is 5.32 Å².